The summed E-state index contributed by atoms with van der Waals surface area (Å²) >= 11 is 0. The number of ether oxygens (including phenoxy) is 1. The zero-order valence-electron chi connectivity index (χ0n) is 19.3. The van der Waals surface area contributed by atoms with Crippen molar-refractivity contribution < 1.29 is 4.74 Å². The largest absolute Gasteiger partial charge is 0.497 e. The van der Waals surface area contributed by atoms with Crippen molar-refractivity contribution in [3.8, 4) is 5.75 Å². The molecule has 2 aromatic heterocycles. The number of anilines is 1. The van der Waals surface area contributed by atoms with Crippen molar-refractivity contribution in [1.29, 1.82) is 0 Å². The van der Waals surface area contributed by atoms with Gasteiger partial charge in [0, 0.05) is 57.6 Å². The quantitative estimate of drug-likeness (QED) is 0.456. The van der Waals surface area contributed by atoms with Gasteiger partial charge in [-0.2, -0.15) is 0 Å². The Morgan fingerprint density at radius 2 is 1.68 bits per heavy atom. The number of methoxy groups -OCH3 is 1. The zero-order chi connectivity index (χ0) is 22.0. The van der Waals surface area contributed by atoms with E-state index in [0.29, 0.717) is 6.04 Å². The number of hydrogen-bond donors (Lipinski definition) is 2. The summed E-state index contributed by atoms with van der Waals surface area (Å²) < 4.78 is 7.75. The molecule has 5 heteroatoms. The predicted molar refractivity (Wildman–Crippen MR) is 130 cm³/mol. The average Bonchev–Trinajstić information content (AvgIpc) is 2.95. The van der Waals surface area contributed by atoms with E-state index in [1.807, 2.05) is 12.3 Å². The number of fused-ring (bicyclic) bond motifs is 4. The molecular formula is C26H32N4O. The van der Waals surface area contributed by atoms with Crippen LogP contribution >= 0.6 is 0 Å². The molecule has 3 heterocycles. The van der Waals surface area contributed by atoms with Crippen molar-refractivity contribution in [2.45, 2.75) is 57.7 Å². The van der Waals surface area contributed by atoms with E-state index < -0.39 is 0 Å². The molecule has 2 N–H and O–H groups in total. The highest BCUT2D eigenvalue weighted by Crippen LogP contribution is 2.36. The number of rotatable bonds is 3. The molecule has 31 heavy (non-hydrogen) atoms. The molecule has 2 aromatic carbocycles. The first kappa shape index (κ1) is 20.1. The molecule has 5 rings (SSSR count). The minimum absolute atomic E-state index is 0.0868. The van der Waals surface area contributed by atoms with Gasteiger partial charge in [-0.1, -0.05) is 0 Å². The number of nitrogens with one attached hydrogen (secondary N) is 2. The fraction of sp³-hybridized carbons (Fsp3) is 0.423. The first-order chi connectivity index (χ1) is 14.7. The third-order valence-corrected chi connectivity index (χ3v) is 6.63. The van der Waals surface area contributed by atoms with Gasteiger partial charge in [-0.15, -0.1) is 0 Å². The highest BCUT2D eigenvalue weighted by molar-refractivity contribution is 6.14. The van der Waals surface area contributed by atoms with Crippen LogP contribution in [0.4, 0.5) is 5.82 Å². The van der Waals surface area contributed by atoms with Crippen LogP contribution in [0.3, 0.4) is 0 Å². The molecule has 5 nitrogen and oxygen atoms in total. The summed E-state index contributed by atoms with van der Waals surface area (Å²) in [4.78, 5) is 4.76. The lowest BCUT2D eigenvalue weighted by Crippen LogP contribution is -2.60. The number of nitrogens with zero attached hydrogens (tertiary/aromatic N) is 2. The number of piperidine rings is 1. The van der Waals surface area contributed by atoms with Gasteiger partial charge in [-0.05, 0) is 82.3 Å². The molecule has 0 atom stereocenters. The van der Waals surface area contributed by atoms with Crippen LogP contribution in [0.5, 0.6) is 5.75 Å². The second kappa shape index (κ2) is 6.86. The first-order valence-electron chi connectivity index (χ1n) is 11.1. The Kier molecular flexibility index (Phi) is 4.45. The van der Waals surface area contributed by atoms with Crippen LogP contribution in [0.25, 0.3) is 32.6 Å². The van der Waals surface area contributed by atoms with Crippen LogP contribution in [-0.4, -0.2) is 33.8 Å². The van der Waals surface area contributed by atoms with Gasteiger partial charge in [0.25, 0.3) is 0 Å². The number of hydrogen-bond acceptors (Lipinski definition) is 4. The van der Waals surface area contributed by atoms with E-state index in [1.54, 1.807) is 7.11 Å². The number of aromatic nitrogens is 2. The van der Waals surface area contributed by atoms with E-state index in [9.17, 15) is 0 Å². The summed E-state index contributed by atoms with van der Waals surface area (Å²) in [6, 6.07) is 13.3. The van der Waals surface area contributed by atoms with Crippen LogP contribution < -0.4 is 15.4 Å². The van der Waals surface area contributed by atoms with Crippen LogP contribution in [0.1, 0.15) is 40.5 Å². The lowest BCUT2D eigenvalue weighted by atomic mass is 9.79. The molecule has 1 aliphatic rings. The van der Waals surface area contributed by atoms with Gasteiger partial charge >= 0.3 is 0 Å². The Morgan fingerprint density at radius 1 is 0.968 bits per heavy atom. The first-order valence-corrected chi connectivity index (χ1v) is 11.1. The van der Waals surface area contributed by atoms with E-state index in [1.165, 1.54) is 32.6 Å². The Morgan fingerprint density at radius 3 is 2.39 bits per heavy atom. The van der Waals surface area contributed by atoms with E-state index >= 15 is 0 Å². The lowest BCUT2D eigenvalue weighted by Gasteiger charge is -2.46. The molecular weight excluding hydrogens is 384 g/mol. The maximum Gasteiger partial charge on any atom is 0.134 e. The van der Waals surface area contributed by atoms with Gasteiger partial charge in [0.1, 0.15) is 11.6 Å². The summed E-state index contributed by atoms with van der Waals surface area (Å²) in [5, 5.41) is 12.4. The van der Waals surface area contributed by atoms with Crippen molar-refractivity contribution in [2.24, 2.45) is 7.05 Å². The minimum atomic E-state index is 0.0868. The number of pyridine rings is 1. The molecule has 1 saturated heterocycles. The Balaban J connectivity index is 1.64. The summed E-state index contributed by atoms with van der Waals surface area (Å²) in [5.74, 6) is 1.85. The van der Waals surface area contributed by atoms with Crippen LogP contribution in [0, 0.1) is 0 Å². The smallest absolute Gasteiger partial charge is 0.134 e. The summed E-state index contributed by atoms with van der Waals surface area (Å²) in [6.45, 7) is 9.14. The van der Waals surface area contributed by atoms with E-state index in [4.69, 9.17) is 9.72 Å². The maximum atomic E-state index is 5.49. The fourth-order valence-electron chi connectivity index (χ4n) is 5.72. The standard InChI is InChI=1S/C26H32N4O/c1-25(2)14-17(15-26(3,4)29-25)28-24-19-13-21-20-12-18(31-6)7-8-22(20)30(5)23(21)11-16(19)9-10-27-24/h7-13,17,29H,14-15H2,1-6H3,(H,27,28). The summed E-state index contributed by atoms with van der Waals surface area (Å²) in [7, 11) is 3.85. The molecule has 0 aliphatic carbocycles. The molecule has 0 spiro atoms. The number of aryl methyl sites for hydroxylation is 1. The normalized spacial score (nSPS) is 18.6. The van der Waals surface area contributed by atoms with Crippen molar-refractivity contribution >= 4 is 38.4 Å². The Labute approximate surface area is 183 Å². The second-order valence-electron chi connectivity index (χ2n) is 10.3. The van der Waals surface area contributed by atoms with Gasteiger partial charge in [-0.25, -0.2) is 4.98 Å². The molecule has 0 bridgehead atoms. The molecule has 162 valence electrons. The van der Waals surface area contributed by atoms with Crippen molar-refractivity contribution in [2.75, 3.05) is 12.4 Å². The molecule has 0 unspecified atom stereocenters. The third-order valence-electron chi connectivity index (χ3n) is 6.63. The Hall–Kier alpha value is -2.79. The molecule has 0 amide bonds. The summed E-state index contributed by atoms with van der Waals surface area (Å²) in [5.41, 5.74) is 2.60. The zero-order valence-corrected chi connectivity index (χ0v) is 19.3. The maximum absolute atomic E-state index is 5.49. The Bertz CT molecular complexity index is 1290. The minimum Gasteiger partial charge on any atom is -0.497 e. The fourth-order valence-corrected chi connectivity index (χ4v) is 5.72. The molecule has 1 fully saturated rings. The van der Waals surface area contributed by atoms with Crippen LogP contribution in [-0.2, 0) is 7.05 Å². The second-order valence-corrected chi connectivity index (χ2v) is 10.3. The van der Waals surface area contributed by atoms with Crippen molar-refractivity contribution in [1.82, 2.24) is 14.9 Å². The van der Waals surface area contributed by atoms with Gasteiger partial charge in [0.05, 0.1) is 7.11 Å². The summed E-state index contributed by atoms with van der Waals surface area (Å²) in [6.07, 6.45) is 4.03. The van der Waals surface area contributed by atoms with Gasteiger partial charge < -0.3 is 19.9 Å². The highest BCUT2D eigenvalue weighted by atomic mass is 16.5. The van der Waals surface area contributed by atoms with Crippen molar-refractivity contribution in [3.05, 3.63) is 42.6 Å². The molecule has 1 aliphatic heterocycles. The van der Waals surface area contributed by atoms with Gasteiger partial charge in [0.15, 0.2) is 0 Å². The molecule has 0 radical (unpaired) electrons. The third kappa shape index (κ3) is 3.51. The van der Waals surface area contributed by atoms with E-state index in [2.05, 4.69) is 80.3 Å². The average molecular weight is 417 g/mol. The SMILES string of the molecule is COc1ccc2c(c1)c1cc3c(NC4CC(C)(C)NC(C)(C)C4)nccc3cc1n2C. The molecule has 0 saturated carbocycles. The number of benzene rings is 2. The van der Waals surface area contributed by atoms with Crippen LogP contribution in [0.2, 0.25) is 0 Å². The van der Waals surface area contributed by atoms with E-state index in [-0.39, 0.29) is 11.1 Å². The van der Waals surface area contributed by atoms with Crippen molar-refractivity contribution in [3.63, 3.8) is 0 Å². The highest BCUT2D eigenvalue weighted by Gasteiger charge is 2.37. The lowest BCUT2D eigenvalue weighted by molar-refractivity contribution is 0.170. The monoisotopic (exact) mass is 416 g/mol. The topological polar surface area (TPSA) is 51.1 Å². The van der Waals surface area contributed by atoms with E-state index in [0.717, 1.165) is 24.4 Å². The van der Waals surface area contributed by atoms with Gasteiger partial charge in [-0.3, -0.25) is 0 Å². The van der Waals surface area contributed by atoms with Gasteiger partial charge in [0.2, 0.25) is 0 Å². The molecule has 4 aromatic rings. The predicted octanol–water partition coefficient (Wildman–Crippen LogP) is 5.61. The van der Waals surface area contributed by atoms with Crippen LogP contribution in [0.15, 0.2) is 42.6 Å².